The number of carbonyl (C=O) groups is 2. The fourth-order valence-electron chi connectivity index (χ4n) is 2.00. The van der Waals surface area contributed by atoms with E-state index in [1.807, 2.05) is 24.3 Å². The zero-order valence-corrected chi connectivity index (χ0v) is 13.9. The number of ether oxygens (including phenoxy) is 1. The highest BCUT2D eigenvalue weighted by Crippen LogP contribution is 2.15. The van der Waals surface area contributed by atoms with Crippen LogP contribution in [0.2, 0.25) is 0 Å². The molecule has 0 saturated carbocycles. The second-order valence-corrected chi connectivity index (χ2v) is 5.10. The molecule has 0 aliphatic carbocycles. The van der Waals surface area contributed by atoms with Gasteiger partial charge in [0.2, 0.25) is 5.91 Å². The topological polar surface area (TPSA) is 79.8 Å². The van der Waals surface area contributed by atoms with Crippen LogP contribution in [0.1, 0.15) is 22.8 Å². The van der Waals surface area contributed by atoms with E-state index in [9.17, 15) is 9.59 Å². The number of nitrogens with one attached hydrogen (secondary N) is 2. The van der Waals surface area contributed by atoms with Crippen LogP contribution in [-0.2, 0) is 4.79 Å². The molecule has 0 saturated heterocycles. The van der Waals surface area contributed by atoms with Gasteiger partial charge in [0, 0.05) is 23.7 Å². The van der Waals surface area contributed by atoms with Crippen molar-refractivity contribution in [1.29, 1.82) is 0 Å². The van der Waals surface area contributed by atoms with Crippen LogP contribution in [0.25, 0.3) is 0 Å². The van der Waals surface area contributed by atoms with Gasteiger partial charge in [-0.25, -0.2) is 5.43 Å². The maximum atomic E-state index is 12.1. The predicted molar refractivity (Wildman–Crippen MR) is 97.9 cm³/mol. The molecular weight excluding hydrogens is 318 g/mol. The molecule has 128 valence electrons. The molecule has 0 spiro atoms. The third-order valence-electron chi connectivity index (χ3n) is 3.11. The number of hydrazone groups is 1. The first-order valence-corrected chi connectivity index (χ1v) is 7.64. The Balaban J connectivity index is 1.98. The SMILES string of the molecule is C=CCOc1ccccc1C=NNC(=O)c1ccc(NC(C)=O)cc1. The van der Waals surface area contributed by atoms with Gasteiger partial charge in [0.1, 0.15) is 12.4 Å². The third-order valence-corrected chi connectivity index (χ3v) is 3.11. The predicted octanol–water partition coefficient (Wildman–Crippen LogP) is 2.97. The molecule has 0 atom stereocenters. The largest absolute Gasteiger partial charge is 0.489 e. The molecule has 0 aromatic heterocycles. The molecule has 2 rings (SSSR count). The molecule has 0 radical (unpaired) electrons. The summed E-state index contributed by atoms with van der Waals surface area (Å²) >= 11 is 0. The molecule has 2 aromatic rings. The zero-order chi connectivity index (χ0) is 18.1. The van der Waals surface area contributed by atoms with Gasteiger partial charge in [0.15, 0.2) is 0 Å². The number of hydrogen-bond acceptors (Lipinski definition) is 4. The Morgan fingerprint density at radius 2 is 1.88 bits per heavy atom. The summed E-state index contributed by atoms with van der Waals surface area (Å²) in [6.07, 6.45) is 3.17. The Morgan fingerprint density at radius 1 is 1.16 bits per heavy atom. The van der Waals surface area contributed by atoms with E-state index in [4.69, 9.17) is 4.74 Å². The Labute approximate surface area is 146 Å². The summed E-state index contributed by atoms with van der Waals surface area (Å²) in [6.45, 7) is 5.42. The highest BCUT2D eigenvalue weighted by Gasteiger charge is 2.05. The summed E-state index contributed by atoms with van der Waals surface area (Å²) in [5, 5.41) is 6.59. The van der Waals surface area contributed by atoms with Crippen molar-refractivity contribution >= 4 is 23.7 Å². The van der Waals surface area contributed by atoms with E-state index in [0.717, 1.165) is 5.56 Å². The fourth-order valence-corrected chi connectivity index (χ4v) is 2.00. The van der Waals surface area contributed by atoms with Crippen molar-refractivity contribution in [3.8, 4) is 5.75 Å². The maximum absolute atomic E-state index is 12.1. The lowest BCUT2D eigenvalue weighted by Gasteiger charge is -2.06. The number of amides is 2. The lowest BCUT2D eigenvalue weighted by molar-refractivity contribution is -0.114. The first kappa shape index (κ1) is 17.9. The summed E-state index contributed by atoms with van der Waals surface area (Å²) in [5.41, 5.74) is 4.26. The second-order valence-electron chi connectivity index (χ2n) is 5.10. The van der Waals surface area contributed by atoms with Crippen molar-refractivity contribution in [2.45, 2.75) is 6.92 Å². The summed E-state index contributed by atoms with van der Waals surface area (Å²) < 4.78 is 5.52. The van der Waals surface area contributed by atoms with Gasteiger partial charge in [-0.1, -0.05) is 24.8 Å². The molecule has 0 aliphatic heterocycles. The van der Waals surface area contributed by atoms with Crippen LogP contribution in [-0.4, -0.2) is 24.6 Å². The van der Waals surface area contributed by atoms with Gasteiger partial charge in [-0.15, -0.1) is 0 Å². The van der Waals surface area contributed by atoms with Crippen LogP contribution < -0.4 is 15.5 Å². The van der Waals surface area contributed by atoms with Crippen molar-refractivity contribution in [2.75, 3.05) is 11.9 Å². The number of benzene rings is 2. The van der Waals surface area contributed by atoms with E-state index >= 15 is 0 Å². The van der Waals surface area contributed by atoms with Crippen molar-refractivity contribution in [3.05, 3.63) is 72.3 Å². The minimum atomic E-state index is -0.352. The first-order valence-electron chi connectivity index (χ1n) is 7.64. The van der Waals surface area contributed by atoms with Gasteiger partial charge in [0.05, 0.1) is 6.21 Å². The van der Waals surface area contributed by atoms with Crippen LogP contribution in [0.15, 0.2) is 66.3 Å². The first-order chi connectivity index (χ1) is 12.1. The molecule has 6 heteroatoms. The molecule has 0 fully saturated rings. The summed E-state index contributed by atoms with van der Waals surface area (Å²) in [4.78, 5) is 23.0. The molecule has 0 heterocycles. The van der Waals surface area contributed by atoms with Crippen molar-refractivity contribution in [3.63, 3.8) is 0 Å². The van der Waals surface area contributed by atoms with E-state index in [1.54, 1.807) is 30.3 Å². The summed E-state index contributed by atoms with van der Waals surface area (Å²) in [6, 6.07) is 13.9. The van der Waals surface area contributed by atoms with E-state index in [2.05, 4.69) is 22.4 Å². The number of para-hydroxylation sites is 1. The minimum Gasteiger partial charge on any atom is -0.489 e. The van der Waals surface area contributed by atoms with Crippen molar-refractivity contribution < 1.29 is 14.3 Å². The Kier molecular flexibility index (Phi) is 6.47. The molecule has 6 nitrogen and oxygen atoms in total. The molecule has 2 N–H and O–H groups in total. The van der Waals surface area contributed by atoms with E-state index < -0.39 is 0 Å². The smallest absolute Gasteiger partial charge is 0.271 e. The monoisotopic (exact) mass is 337 g/mol. The minimum absolute atomic E-state index is 0.167. The number of hydrogen-bond donors (Lipinski definition) is 2. The maximum Gasteiger partial charge on any atom is 0.271 e. The average molecular weight is 337 g/mol. The van der Waals surface area contributed by atoms with Crippen LogP contribution >= 0.6 is 0 Å². The van der Waals surface area contributed by atoms with Crippen LogP contribution in [0.4, 0.5) is 5.69 Å². The van der Waals surface area contributed by atoms with Gasteiger partial charge in [-0.3, -0.25) is 9.59 Å². The van der Waals surface area contributed by atoms with E-state index in [0.29, 0.717) is 23.6 Å². The lowest BCUT2D eigenvalue weighted by atomic mass is 10.2. The number of anilines is 1. The Bertz CT molecular complexity index is 783. The van der Waals surface area contributed by atoms with Crippen LogP contribution in [0, 0.1) is 0 Å². The van der Waals surface area contributed by atoms with Gasteiger partial charge in [0.25, 0.3) is 5.91 Å². The molecule has 25 heavy (non-hydrogen) atoms. The quantitative estimate of drug-likeness (QED) is 0.463. The van der Waals surface area contributed by atoms with Crippen molar-refractivity contribution in [2.24, 2.45) is 5.10 Å². The molecular formula is C19H19N3O3. The van der Waals surface area contributed by atoms with Crippen LogP contribution in [0.5, 0.6) is 5.75 Å². The molecule has 0 bridgehead atoms. The molecule has 0 aliphatic rings. The van der Waals surface area contributed by atoms with Gasteiger partial charge in [-0.05, 0) is 36.4 Å². The summed E-state index contributed by atoms with van der Waals surface area (Å²) in [5.74, 6) is 0.134. The average Bonchev–Trinajstić information content (AvgIpc) is 2.61. The van der Waals surface area contributed by atoms with Crippen LogP contribution in [0.3, 0.4) is 0 Å². The molecule has 2 aromatic carbocycles. The number of rotatable bonds is 7. The highest BCUT2D eigenvalue weighted by atomic mass is 16.5. The van der Waals surface area contributed by atoms with Gasteiger partial charge in [-0.2, -0.15) is 5.10 Å². The number of carbonyl (C=O) groups excluding carboxylic acids is 2. The summed E-state index contributed by atoms with van der Waals surface area (Å²) in [7, 11) is 0. The standard InChI is InChI=1S/C19H19N3O3/c1-3-12-25-18-7-5-4-6-16(18)13-20-22-19(24)15-8-10-17(11-9-15)21-14(2)23/h3-11,13H,1,12H2,2H3,(H,21,23)(H,22,24). The highest BCUT2D eigenvalue weighted by molar-refractivity contribution is 5.96. The van der Waals surface area contributed by atoms with Gasteiger partial charge >= 0.3 is 0 Å². The van der Waals surface area contributed by atoms with E-state index in [1.165, 1.54) is 13.1 Å². The van der Waals surface area contributed by atoms with E-state index in [-0.39, 0.29) is 11.8 Å². The zero-order valence-electron chi connectivity index (χ0n) is 13.9. The Hall–Kier alpha value is -3.41. The molecule has 0 unspecified atom stereocenters. The molecule has 2 amide bonds. The third kappa shape index (κ3) is 5.62. The van der Waals surface area contributed by atoms with Gasteiger partial charge < -0.3 is 10.1 Å². The Morgan fingerprint density at radius 3 is 2.56 bits per heavy atom. The normalized spacial score (nSPS) is 10.3. The second kappa shape index (κ2) is 9.02. The fraction of sp³-hybridized carbons (Fsp3) is 0.105. The number of nitrogens with zero attached hydrogens (tertiary/aromatic N) is 1. The van der Waals surface area contributed by atoms with Crippen molar-refractivity contribution in [1.82, 2.24) is 5.43 Å². The lowest BCUT2D eigenvalue weighted by Crippen LogP contribution is -2.17.